The molecule has 0 aliphatic carbocycles. The lowest BCUT2D eigenvalue weighted by molar-refractivity contribution is -0.113. The number of thioether (sulfide) groups is 1. The smallest absolute Gasteiger partial charge is 0.257 e. The predicted octanol–water partition coefficient (Wildman–Crippen LogP) is 5.90. The summed E-state index contributed by atoms with van der Waals surface area (Å²) in [6, 6.07) is 22.8. The molecular weight excluding hydrogens is 482 g/mol. The van der Waals surface area contributed by atoms with E-state index in [4.69, 9.17) is 4.42 Å². The Balaban J connectivity index is 1.38. The Labute approximate surface area is 209 Å². The number of para-hydroxylation sites is 1. The molecule has 1 amide bonds. The molecular formula is C26H27N3O4S2. The molecule has 3 aromatic carbocycles. The number of rotatable bonds is 9. The molecule has 0 saturated heterocycles. The van der Waals surface area contributed by atoms with Crippen LogP contribution in [0.2, 0.25) is 0 Å². The van der Waals surface area contributed by atoms with Crippen LogP contribution in [0.1, 0.15) is 20.8 Å². The number of anilines is 3. The number of nitrogens with one attached hydrogen (secondary N) is 1. The van der Waals surface area contributed by atoms with Crippen LogP contribution in [0.15, 0.2) is 87.3 Å². The molecule has 0 aliphatic rings. The highest BCUT2D eigenvalue weighted by Crippen LogP contribution is 2.29. The van der Waals surface area contributed by atoms with E-state index in [9.17, 15) is 13.2 Å². The second-order valence-electron chi connectivity index (χ2n) is 8.20. The molecule has 0 radical (unpaired) electrons. The van der Waals surface area contributed by atoms with Gasteiger partial charge in [0, 0.05) is 23.1 Å². The molecule has 1 aromatic heterocycles. The van der Waals surface area contributed by atoms with Crippen molar-refractivity contribution in [2.45, 2.75) is 36.9 Å². The monoisotopic (exact) mass is 509 g/mol. The van der Waals surface area contributed by atoms with Crippen LogP contribution in [-0.4, -0.2) is 36.9 Å². The molecule has 0 aliphatic heterocycles. The van der Waals surface area contributed by atoms with E-state index in [0.29, 0.717) is 22.0 Å². The van der Waals surface area contributed by atoms with Gasteiger partial charge in [-0.2, -0.15) is 0 Å². The minimum absolute atomic E-state index is 0.0148. The van der Waals surface area contributed by atoms with Gasteiger partial charge in [0.15, 0.2) is 15.4 Å². The van der Waals surface area contributed by atoms with E-state index in [0.717, 1.165) is 23.1 Å². The second kappa shape index (κ2) is 10.5. The summed E-state index contributed by atoms with van der Waals surface area (Å²) in [5.41, 5.74) is 3.77. The first-order chi connectivity index (χ1) is 16.8. The lowest BCUT2D eigenvalue weighted by Gasteiger charge is -2.29. The van der Waals surface area contributed by atoms with E-state index < -0.39 is 9.84 Å². The number of hydrogen-bond donors (Lipinski definition) is 1. The van der Waals surface area contributed by atoms with Gasteiger partial charge in [-0.15, -0.1) is 0 Å². The number of fused-ring (bicyclic) bond motifs is 1. The molecule has 0 bridgehead atoms. The molecule has 0 spiro atoms. The van der Waals surface area contributed by atoms with Crippen molar-refractivity contribution in [1.82, 2.24) is 4.98 Å². The standard InChI is InChI=1S/C26H27N3O4S2/c1-4-35(31,32)22-14-15-24-23(16-22)28-26(33-24)34-17-25(30)27-19-10-12-21(13-11-19)29(18(2)3)20-8-6-5-7-9-20/h5-16,18H,4,17H2,1-3H3,(H,27,30). The van der Waals surface area contributed by atoms with Gasteiger partial charge in [0.2, 0.25) is 5.91 Å². The third-order valence-electron chi connectivity index (χ3n) is 5.39. The third kappa shape index (κ3) is 5.86. The molecule has 0 atom stereocenters. The van der Waals surface area contributed by atoms with Crippen molar-refractivity contribution in [3.63, 3.8) is 0 Å². The van der Waals surface area contributed by atoms with Crippen LogP contribution in [-0.2, 0) is 14.6 Å². The molecule has 9 heteroatoms. The molecule has 7 nitrogen and oxygen atoms in total. The summed E-state index contributed by atoms with van der Waals surface area (Å²) < 4.78 is 29.8. The second-order valence-corrected chi connectivity index (χ2v) is 11.4. The SMILES string of the molecule is CCS(=O)(=O)c1ccc2oc(SCC(=O)Nc3ccc(N(c4ccccc4)C(C)C)cc3)nc2c1. The van der Waals surface area contributed by atoms with Gasteiger partial charge in [-0.05, 0) is 68.4 Å². The first kappa shape index (κ1) is 24.8. The fourth-order valence-electron chi connectivity index (χ4n) is 3.67. The summed E-state index contributed by atoms with van der Waals surface area (Å²) in [6.07, 6.45) is 0. The maximum Gasteiger partial charge on any atom is 0.257 e. The Morgan fingerprint density at radius 2 is 1.71 bits per heavy atom. The Kier molecular flexibility index (Phi) is 7.47. The third-order valence-corrected chi connectivity index (χ3v) is 7.95. The van der Waals surface area contributed by atoms with Crippen LogP contribution < -0.4 is 10.2 Å². The van der Waals surface area contributed by atoms with Crippen LogP contribution in [0.4, 0.5) is 17.1 Å². The van der Waals surface area contributed by atoms with Crippen molar-refractivity contribution >= 4 is 55.7 Å². The van der Waals surface area contributed by atoms with E-state index in [2.05, 4.69) is 41.2 Å². The van der Waals surface area contributed by atoms with Crippen LogP contribution in [0, 0.1) is 0 Å². The fourth-order valence-corrected chi connectivity index (χ4v) is 5.21. The zero-order valence-electron chi connectivity index (χ0n) is 19.8. The average molecular weight is 510 g/mol. The summed E-state index contributed by atoms with van der Waals surface area (Å²) in [6.45, 7) is 5.87. The Morgan fingerprint density at radius 3 is 2.37 bits per heavy atom. The van der Waals surface area contributed by atoms with Gasteiger partial charge in [-0.1, -0.05) is 36.9 Å². The van der Waals surface area contributed by atoms with Crippen molar-refractivity contribution in [1.29, 1.82) is 0 Å². The predicted molar refractivity (Wildman–Crippen MR) is 141 cm³/mol. The highest BCUT2D eigenvalue weighted by atomic mass is 32.2. The molecule has 0 unspecified atom stereocenters. The Bertz CT molecular complexity index is 1420. The molecule has 182 valence electrons. The number of benzene rings is 3. The van der Waals surface area contributed by atoms with Crippen molar-refractivity contribution in [3.8, 4) is 0 Å². The molecule has 35 heavy (non-hydrogen) atoms. The average Bonchev–Trinajstić information content (AvgIpc) is 3.27. The molecule has 4 rings (SSSR count). The highest BCUT2D eigenvalue weighted by Gasteiger charge is 2.16. The number of hydrogen-bond acceptors (Lipinski definition) is 7. The minimum atomic E-state index is -3.33. The van der Waals surface area contributed by atoms with Gasteiger partial charge in [0.05, 0.1) is 16.4 Å². The molecule has 1 heterocycles. The topological polar surface area (TPSA) is 92.5 Å². The van der Waals surface area contributed by atoms with Gasteiger partial charge in [0.1, 0.15) is 5.52 Å². The van der Waals surface area contributed by atoms with Crippen molar-refractivity contribution in [2.75, 3.05) is 21.7 Å². The maximum absolute atomic E-state index is 12.5. The Morgan fingerprint density at radius 1 is 1.03 bits per heavy atom. The number of amides is 1. The van der Waals surface area contributed by atoms with Crippen LogP contribution in [0.3, 0.4) is 0 Å². The van der Waals surface area contributed by atoms with E-state index >= 15 is 0 Å². The summed E-state index contributed by atoms with van der Waals surface area (Å²) in [5.74, 6) is -0.0689. The van der Waals surface area contributed by atoms with Gasteiger partial charge in [-0.25, -0.2) is 13.4 Å². The van der Waals surface area contributed by atoms with E-state index in [1.165, 1.54) is 12.1 Å². The van der Waals surface area contributed by atoms with Gasteiger partial charge in [0.25, 0.3) is 5.22 Å². The first-order valence-electron chi connectivity index (χ1n) is 11.3. The molecule has 4 aromatic rings. The van der Waals surface area contributed by atoms with Crippen LogP contribution in [0.5, 0.6) is 0 Å². The lowest BCUT2D eigenvalue weighted by atomic mass is 10.2. The summed E-state index contributed by atoms with van der Waals surface area (Å²) in [7, 11) is -3.33. The summed E-state index contributed by atoms with van der Waals surface area (Å²) in [5, 5.41) is 3.20. The fraction of sp³-hybridized carbons (Fsp3) is 0.231. The number of carbonyl (C=O) groups is 1. The zero-order chi connectivity index (χ0) is 25.0. The van der Waals surface area contributed by atoms with Crippen molar-refractivity contribution < 1.29 is 17.6 Å². The number of nitrogens with zero attached hydrogens (tertiary/aromatic N) is 2. The van der Waals surface area contributed by atoms with Crippen LogP contribution in [0.25, 0.3) is 11.1 Å². The first-order valence-corrected chi connectivity index (χ1v) is 13.9. The number of aromatic nitrogens is 1. The van der Waals surface area contributed by atoms with E-state index in [1.54, 1.807) is 13.0 Å². The minimum Gasteiger partial charge on any atom is -0.431 e. The van der Waals surface area contributed by atoms with E-state index in [1.807, 2.05) is 42.5 Å². The quantitative estimate of drug-likeness (QED) is 0.281. The van der Waals surface area contributed by atoms with Gasteiger partial charge >= 0.3 is 0 Å². The van der Waals surface area contributed by atoms with Crippen molar-refractivity contribution in [2.24, 2.45) is 0 Å². The van der Waals surface area contributed by atoms with E-state index in [-0.39, 0.29) is 28.4 Å². The lowest BCUT2D eigenvalue weighted by Crippen LogP contribution is -2.25. The van der Waals surface area contributed by atoms with Crippen molar-refractivity contribution in [3.05, 3.63) is 72.8 Å². The highest BCUT2D eigenvalue weighted by molar-refractivity contribution is 7.99. The number of carbonyl (C=O) groups excluding carboxylic acids is 1. The van der Waals surface area contributed by atoms with Gasteiger partial charge in [-0.3, -0.25) is 4.79 Å². The molecule has 0 fully saturated rings. The molecule has 1 N–H and O–H groups in total. The maximum atomic E-state index is 12.5. The summed E-state index contributed by atoms with van der Waals surface area (Å²) >= 11 is 1.15. The number of sulfone groups is 1. The summed E-state index contributed by atoms with van der Waals surface area (Å²) in [4.78, 5) is 19.2. The number of oxazole rings is 1. The zero-order valence-corrected chi connectivity index (χ0v) is 21.4. The normalized spacial score (nSPS) is 11.7. The largest absolute Gasteiger partial charge is 0.431 e. The van der Waals surface area contributed by atoms with Crippen LogP contribution >= 0.6 is 11.8 Å². The van der Waals surface area contributed by atoms with Gasteiger partial charge < -0.3 is 14.6 Å². The Hall–Kier alpha value is -3.30. The molecule has 0 saturated carbocycles.